The number of alkyl carbamates (subject to hydrolysis) is 1. The van der Waals surface area contributed by atoms with Crippen molar-refractivity contribution >= 4 is 17.6 Å². The molecule has 0 fully saturated rings. The van der Waals surface area contributed by atoms with Gasteiger partial charge in [-0.25, -0.2) is 9.64 Å². The van der Waals surface area contributed by atoms with Crippen molar-refractivity contribution in [2.75, 3.05) is 7.11 Å². The number of carbonyl (C=O) groups excluding carboxylic acids is 2. The highest BCUT2D eigenvalue weighted by Crippen LogP contribution is 2.28. The molecule has 2 rings (SSSR count). The van der Waals surface area contributed by atoms with Crippen LogP contribution in [0.1, 0.15) is 55.8 Å². The number of hydrogen-bond donors (Lipinski definition) is 1. The largest absolute Gasteiger partial charge is 0.508 e. The van der Waals surface area contributed by atoms with E-state index in [2.05, 4.69) is 10.2 Å². The molecule has 0 aliphatic rings. The lowest BCUT2D eigenvalue weighted by Crippen LogP contribution is -2.32. The molecule has 0 saturated carbocycles. The molecule has 1 amide bonds. The maximum absolute atomic E-state index is 12.7. The van der Waals surface area contributed by atoms with Crippen LogP contribution in [-0.2, 0) is 22.4 Å². The first kappa shape index (κ1) is 25.4. The molecule has 33 heavy (non-hydrogen) atoms. The van der Waals surface area contributed by atoms with Crippen LogP contribution in [0, 0.1) is 17.9 Å². The molecule has 7 heteroatoms. The molecule has 2 atom stereocenters. The summed E-state index contributed by atoms with van der Waals surface area (Å²) in [7, 11) is 1.50. The molecule has 172 valence electrons. The molecular formula is C26H29N3O4. The van der Waals surface area contributed by atoms with Crippen LogP contribution in [0.3, 0.4) is 0 Å². The first-order chi connectivity index (χ1) is 15.9. The van der Waals surface area contributed by atoms with Crippen molar-refractivity contribution in [1.82, 2.24) is 5.32 Å². The van der Waals surface area contributed by atoms with Gasteiger partial charge in [-0.15, -0.1) is 0 Å². The number of amides is 1. The predicted molar refractivity (Wildman–Crippen MR) is 125 cm³/mol. The number of Topliss-reactive ketones (excluding diaryl/α,β-unsaturated/α-hetero) is 1. The molecule has 0 aliphatic heterocycles. The summed E-state index contributed by atoms with van der Waals surface area (Å²) < 4.78 is 10.6. The third-order valence-corrected chi connectivity index (χ3v) is 5.27. The Morgan fingerprint density at radius 3 is 2.45 bits per heavy atom. The summed E-state index contributed by atoms with van der Waals surface area (Å²) in [5.41, 5.74) is 2.94. The Labute approximate surface area is 195 Å². The topological polar surface area (TPSA) is 92.8 Å². The van der Waals surface area contributed by atoms with E-state index in [4.69, 9.17) is 21.3 Å². The lowest BCUT2D eigenvalue weighted by molar-refractivity contribution is -0.117. The lowest BCUT2D eigenvalue weighted by Gasteiger charge is -2.20. The third kappa shape index (κ3) is 7.66. The highest BCUT2D eigenvalue weighted by Gasteiger charge is 2.18. The lowest BCUT2D eigenvalue weighted by atomic mass is 9.98. The summed E-state index contributed by atoms with van der Waals surface area (Å²) >= 11 is 0. The molecule has 0 radical (unpaired) electrons. The Morgan fingerprint density at radius 1 is 1.12 bits per heavy atom. The fourth-order valence-corrected chi connectivity index (χ4v) is 3.48. The van der Waals surface area contributed by atoms with Gasteiger partial charge >= 0.3 is 6.09 Å². The van der Waals surface area contributed by atoms with E-state index < -0.39 is 12.2 Å². The number of benzene rings is 2. The van der Waals surface area contributed by atoms with E-state index in [1.807, 2.05) is 44.2 Å². The van der Waals surface area contributed by atoms with E-state index in [9.17, 15) is 9.59 Å². The Morgan fingerprint density at radius 2 is 1.85 bits per heavy atom. The molecule has 0 heterocycles. The van der Waals surface area contributed by atoms with Crippen molar-refractivity contribution in [3.8, 4) is 11.8 Å². The van der Waals surface area contributed by atoms with Crippen molar-refractivity contribution < 1.29 is 19.1 Å². The number of methoxy groups -OCH3 is 1. The van der Waals surface area contributed by atoms with Gasteiger partial charge in [-0.2, -0.15) is 5.26 Å². The zero-order valence-corrected chi connectivity index (χ0v) is 19.3. The minimum absolute atomic E-state index is 0.0347. The van der Waals surface area contributed by atoms with E-state index in [1.54, 1.807) is 18.2 Å². The van der Waals surface area contributed by atoms with E-state index in [-0.39, 0.29) is 31.1 Å². The SMILES string of the molecule is [C-]#[N+]c1ccc(CC(=O)Cc2cccc([C@H](CC)NC(=O)O[C@H](CC)CC#N)c2)cc1OC. The van der Waals surface area contributed by atoms with Gasteiger partial charge in [-0.05, 0) is 35.6 Å². The van der Waals surface area contributed by atoms with Gasteiger partial charge in [0.15, 0.2) is 0 Å². The molecule has 0 aromatic heterocycles. The molecule has 2 aromatic rings. The van der Waals surface area contributed by atoms with E-state index in [1.165, 1.54) is 7.11 Å². The molecule has 0 aliphatic carbocycles. The fraction of sp³-hybridized carbons (Fsp3) is 0.385. The highest BCUT2D eigenvalue weighted by atomic mass is 16.6. The molecular weight excluding hydrogens is 418 g/mol. The number of nitrogens with one attached hydrogen (secondary N) is 1. The van der Waals surface area contributed by atoms with Gasteiger partial charge in [0, 0.05) is 12.8 Å². The second-order valence-corrected chi connectivity index (χ2v) is 7.66. The number of nitriles is 1. The van der Waals surface area contributed by atoms with Crippen molar-refractivity contribution in [3.05, 3.63) is 70.6 Å². The molecule has 0 bridgehead atoms. The minimum atomic E-state index is -0.553. The van der Waals surface area contributed by atoms with Gasteiger partial charge in [0.2, 0.25) is 5.69 Å². The van der Waals surface area contributed by atoms with Gasteiger partial charge < -0.3 is 14.8 Å². The van der Waals surface area contributed by atoms with Crippen LogP contribution in [0.15, 0.2) is 42.5 Å². The Hall–Kier alpha value is -3.84. The van der Waals surface area contributed by atoms with Crippen molar-refractivity contribution in [2.24, 2.45) is 0 Å². The normalized spacial score (nSPS) is 12.0. The summed E-state index contributed by atoms with van der Waals surface area (Å²) in [6, 6.07) is 14.5. The monoisotopic (exact) mass is 447 g/mol. The zero-order chi connectivity index (χ0) is 24.2. The summed E-state index contributed by atoms with van der Waals surface area (Å²) in [6.07, 6.45) is 0.877. The van der Waals surface area contributed by atoms with Crippen molar-refractivity contribution in [1.29, 1.82) is 5.26 Å². The average molecular weight is 448 g/mol. The Kier molecular flexibility index (Phi) is 9.92. The average Bonchev–Trinajstić information content (AvgIpc) is 2.82. The van der Waals surface area contributed by atoms with E-state index in [0.29, 0.717) is 24.3 Å². The van der Waals surface area contributed by atoms with Gasteiger partial charge in [0.05, 0.1) is 32.2 Å². The van der Waals surface area contributed by atoms with Gasteiger partial charge in [0.1, 0.15) is 17.6 Å². The molecule has 1 N–H and O–H groups in total. The second kappa shape index (κ2) is 12.9. The van der Waals surface area contributed by atoms with Crippen LogP contribution in [0.5, 0.6) is 5.75 Å². The van der Waals surface area contributed by atoms with Crippen LogP contribution < -0.4 is 10.1 Å². The van der Waals surface area contributed by atoms with Gasteiger partial charge in [0.25, 0.3) is 0 Å². The standard InChI is InChI=1S/C26H29N3O4/c1-5-22(12-13-27)33-26(31)29-23(6-2)20-9-7-8-18(14-20)15-21(30)16-19-10-11-24(28-3)25(17-19)32-4/h7-11,14,17,22-23H,5-6,12,15-16H2,1-2,4H3,(H,29,31)/t22-,23+/m1/s1. The van der Waals surface area contributed by atoms with Crippen LogP contribution in [0.2, 0.25) is 0 Å². The van der Waals surface area contributed by atoms with Crippen molar-refractivity contribution in [2.45, 2.75) is 58.1 Å². The predicted octanol–water partition coefficient (Wildman–Crippen LogP) is 5.47. The summed E-state index contributed by atoms with van der Waals surface area (Å²) in [5, 5.41) is 11.7. The number of hydrogen-bond acceptors (Lipinski definition) is 5. The van der Waals surface area contributed by atoms with E-state index in [0.717, 1.165) is 16.7 Å². The van der Waals surface area contributed by atoms with Crippen LogP contribution in [-0.4, -0.2) is 25.1 Å². The quantitative estimate of drug-likeness (QED) is 0.461. The first-order valence-corrected chi connectivity index (χ1v) is 10.9. The summed E-state index contributed by atoms with van der Waals surface area (Å²) in [6.45, 7) is 11.0. The van der Waals surface area contributed by atoms with Crippen LogP contribution in [0.4, 0.5) is 10.5 Å². The van der Waals surface area contributed by atoms with Crippen molar-refractivity contribution in [3.63, 3.8) is 0 Å². The summed E-state index contributed by atoms with van der Waals surface area (Å²) in [4.78, 5) is 28.3. The molecule has 0 saturated heterocycles. The maximum atomic E-state index is 12.7. The smallest absolute Gasteiger partial charge is 0.407 e. The number of ether oxygens (including phenoxy) is 2. The molecule has 0 spiro atoms. The number of ketones is 1. The van der Waals surface area contributed by atoms with Gasteiger partial charge in [-0.3, -0.25) is 4.79 Å². The zero-order valence-electron chi connectivity index (χ0n) is 19.3. The number of rotatable bonds is 11. The molecule has 2 aromatic carbocycles. The minimum Gasteiger partial charge on any atom is -0.508 e. The summed E-state index contributed by atoms with van der Waals surface area (Å²) in [5.74, 6) is 0.494. The number of nitrogens with zero attached hydrogens (tertiary/aromatic N) is 2. The maximum Gasteiger partial charge on any atom is 0.407 e. The third-order valence-electron chi connectivity index (χ3n) is 5.27. The first-order valence-electron chi connectivity index (χ1n) is 10.9. The van der Waals surface area contributed by atoms with Gasteiger partial charge in [-0.1, -0.05) is 50.2 Å². The van der Waals surface area contributed by atoms with Crippen LogP contribution in [0.25, 0.3) is 4.85 Å². The Balaban J connectivity index is 2.04. The highest BCUT2D eigenvalue weighted by molar-refractivity contribution is 5.83. The van der Waals surface area contributed by atoms with Crippen LogP contribution >= 0.6 is 0 Å². The second-order valence-electron chi connectivity index (χ2n) is 7.66. The van der Waals surface area contributed by atoms with E-state index >= 15 is 0 Å². The molecule has 7 nitrogen and oxygen atoms in total. The Bertz CT molecular complexity index is 1050. The fourth-order valence-electron chi connectivity index (χ4n) is 3.48. The number of carbonyl (C=O) groups is 2. The molecule has 0 unspecified atom stereocenters.